The molecule has 0 saturated heterocycles. The van der Waals surface area contributed by atoms with Gasteiger partial charge in [-0.25, -0.2) is 9.98 Å². The van der Waals surface area contributed by atoms with E-state index in [-0.39, 0.29) is 37.0 Å². The van der Waals surface area contributed by atoms with Crippen molar-refractivity contribution in [1.29, 1.82) is 0 Å². The van der Waals surface area contributed by atoms with E-state index >= 15 is 0 Å². The largest absolute Gasteiger partial charge is 0.481 e. The van der Waals surface area contributed by atoms with Gasteiger partial charge in [-0.05, 0) is 30.0 Å². The van der Waals surface area contributed by atoms with Gasteiger partial charge < -0.3 is 25.2 Å². The van der Waals surface area contributed by atoms with Gasteiger partial charge >= 0.3 is 0 Å². The number of benzene rings is 1. The van der Waals surface area contributed by atoms with Crippen molar-refractivity contribution in [3.63, 3.8) is 0 Å². The molecule has 0 aromatic heterocycles. The van der Waals surface area contributed by atoms with Crippen molar-refractivity contribution in [2.75, 3.05) is 13.2 Å². The fourth-order valence-electron chi connectivity index (χ4n) is 2.56. The fourth-order valence-corrected chi connectivity index (χ4v) is 2.56. The minimum Gasteiger partial charge on any atom is -0.481 e. The third-order valence-electron chi connectivity index (χ3n) is 4.24. The van der Waals surface area contributed by atoms with Gasteiger partial charge in [0.15, 0.2) is 0 Å². The van der Waals surface area contributed by atoms with Gasteiger partial charge in [-0.3, -0.25) is 9.59 Å². The summed E-state index contributed by atoms with van der Waals surface area (Å²) in [6.45, 7) is 12.2. The maximum atomic E-state index is 9.00. The number of carbonyl (C=O) groups is 2. The molecule has 2 aliphatic heterocycles. The number of rotatable bonds is 4. The van der Waals surface area contributed by atoms with Crippen molar-refractivity contribution in [2.45, 2.75) is 53.6 Å². The smallest absolute Gasteiger partial charge is 0.300 e. The van der Waals surface area contributed by atoms with Gasteiger partial charge in [0, 0.05) is 44.5 Å². The normalized spacial score (nSPS) is 18.2. The van der Waals surface area contributed by atoms with Crippen LogP contribution in [-0.4, -0.2) is 64.7 Å². The fraction of sp³-hybridized carbons (Fsp3) is 0.545. The molecular weight excluding hydrogens is 505 g/mol. The van der Waals surface area contributed by atoms with E-state index in [2.05, 4.69) is 43.7 Å². The summed E-state index contributed by atoms with van der Waals surface area (Å²) in [7, 11) is 0. The second kappa shape index (κ2) is 15.5. The Hall–Kier alpha value is -2.32. The van der Waals surface area contributed by atoms with Crippen molar-refractivity contribution >= 4 is 23.7 Å². The zero-order chi connectivity index (χ0) is 22.8. The maximum absolute atomic E-state index is 9.00. The van der Waals surface area contributed by atoms with E-state index in [1.807, 2.05) is 18.2 Å². The Morgan fingerprint density at radius 3 is 1.44 bits per heavy atom. The van der Waals surface area contributed by atoms with Crippen LogP contribution in [0.3, 0.4) is 0 Å². The van der Waals surface area contributed by atoms with Gasteiger partial charge in [-0.2, -0.15) is 0 Å². The molecule has 1 aromatic rings. The zero-order valence-electron chi connectivity index (χ0n) is 19.3. The number of carboxylic acids is 2. The van der Waals surface area contributed by atoms with E-state index in [0.29, 0.717) is 25.0 Å². The van der Waals surface area contributed by atoms with Crippen LogP contribution in [-0.2, 0) is 38.5 Å². The molecule has 3 rings (SSSR count). The second-order valence-corrected chi connectivity index (χ2v) is 7.73. The molecule has 9 nitrogen and oxygen atoms in total. The molecule has 0 spiro atoms. The average Bonchev–Trinajstić information content (AvgIpc) is 3.31. The van der Waals surface area contributed by atoms with E-state index in [9.17, 15) is 0 Å². The first-order valence-corrected chi connectivity index (χ1v) is 9.92. The van der Waals surface area contributed by atoms with Gasteiger partial charge in [-0.1, -0.05) is 33.8 Å². The van der Waals surface area contributed by atoms with Gasteiger partial charge in [0.05, 0.1) is 12.1 Å². The molecule has 2 aliphatic rings. The number of ether oxygens (including phenoxy) is 2. The van der Waals surface area contributed by atoms with E-state index in [1.165, 1.54) is 0 Å². The van der Waals surface area contributed by atoms with Gasteiger partial charge in [-0.15, -0.1) is 0 Å². The minimum atomic E-state index is -0.833. The molecule has 0 radical (unpaired) electrons. The van der Waals surface area contributed by atoms with Crippen LogP contribution < -0.4 is 0 Å². The summed E-state index contributed by atoms with van der Waals surface area (Å²) in [5.74, 6) is 0.796. The van der Waals surface area contributed by atoms with Crippen LogP contribution >= 0.6 is 0 Å². The van der Waals surface area contributed by atoms with Crippen LogP contribution in [0.1, 0.15) is 52.7 Å². The first-order chi connectivity index (χ1) is 14.0. The van der Waals surface area contributed by atoms with Crippen molar-refractivity contribution in [1.82, 2.24) is 0 Å². The molecule has 0 aliphatic carbocycles. The van der Waals surface area contributed by atoms with Crippen LogP contribution in [0.4, 0.5) is 0 Å². The van der Waals surface area contributed by atoms with Crippen molar-refractivity contribution in [3.8, 4) is 0 Å². The molecule has 4 N–H and O–H groups in total. The van der Waals surface area contributed by atoms with E-state index in [0.717, 1.165) is 36.8 Å². The molecule has 0 fully saturated rings. The predicted molar refractivity (Wildman–Crippen MR) is 119 cm³/mol. The molecule has 182 valence electrons. The summed E-state index contributed by atoms with van der Waals surface area (Å²) < 4.78 is 11.5. The standard InChI is InChI=1S/C18H24N2O2.2C2H4O2.H2O.Ru/c1-11(2)15-9-21-17(19-15)13-6-5-7-14(8-13)18-20-16(10-22-18)12(3)4;2*1-2(3)4;;/h5-8,11-12,15-16H,9-10H2,1-4H3;2*1H3,(H,3,4);1H2;/t15-,16-;;;;/m1..../s1. The van der Waals surface area contributed by atoms with E-state index in [4.69, 9.17) is 29.3 Å². The van der Waals surface area contributed by atoms with Crippen molar-refractivity contribution in [3.05, 3.63) is 35.4 Å². The predicted octanol–water partition coefficient (Wildman–Crippen LogP) is 2.64. The SMILES string of the molecule is CC(=O)O.CC(=O)O.CC(C)[C@H]1COC(c2cccc(C3=N[C@@H](C(C)C)CO3)c2)=N1.O.[Ru]. The Morgan fingerprint density at radius 1 is 0.875 bits per heavy atom. The summed E-state index contributed by atoms with van der Waals surface area (Å²) in [5, 5.41) is 14.8. The van der Waals surface area contributed by atoms with Gasteiger partial charge in [0.2, 0.25) is 11.8 Å². The van der Waals surface area contributed by atoms with Crippen molar-refractivity contribution in [2.24, 2.45) is 21.8 Å². The zero-order valence-corrected chi connectivity index (χ0v) is 21.0. The molecule has 0 bridgehead atoms. The van der Waals surface area contributed by atoms with Crippen LogP contribution in [0, 0.1) is 11.8 Å². The molecule has 2 atom stereocenters. The molecule has 1 aromatic carbocycles. The molecule has 0 saturated carbocycles. The first kappa shape index (κ1) is 31.9. The quantitative estimate of drug-likeness (QED) is 0.562. The number of carboxylic acid groups (broad SMARTS) is 2. The Kier molecular flexibility index (Phi) is 15.4. The molecule has 0 amide bonds. The van der Waals surface area contributed by atoms with Gasteiger partial charge in [0.25, 0.3) is 11.9 Å². The Balaban J connectivity index is 0. The topological polar surface area (TPSA) is 149 Å². The Bertz CT molecular complexity index is 725. The van der Waals surface area contributed by atoms with E-state index in [1.54, 1.807) is 0 Å². The monoisotopic (exact) mass is 540 g/mol. The van der Waals surface area contributed by atoms with Crippen LogP contribution in [0.25, 0.3) is 0 Å². The van der Waals surface area contributed by atoms with Crippen LogP contribution in [0.5, 0.6) is 0 Å². The molecular formula is C22H34N2O7Ru. The Morgan fingerprint density at radius 2 is 1.19 bits per heavy atom. The second-order valence-electron chi connectivity index (χ2n) is 7.73. The molecule has 32 heavy (non-hydrogen) atoms. The summed E-state index contributed by atoms with van der Waals surface area (Å²) in [6.07, 6.45) is 0. The maximum Gasteiger partial charge on any atom is 0.300 e. The summed E-state index contributed by atoms with van der Waals surface area (Å²) >= 11 is 0. The third kappa shape index (κ3) is 11.3. The molecule has 0 unspecified atom stereocenters. The third-order valence-corrected chi connectivity index (χ3v) is 4.24. The number of hydrogen-bond donors (Lipinski definition) is 2. The number of aliphatic imine (C=N–C) groups is 2. The summed E-state index contributed by atoms with van der Waals surface area (Å²) in [6, 6.07) is 8.63. The first-order valence-electron chi connectivity index (χ1n) is 9.92. The summed E-state index contributed by atoms with van der Waals surface area (Å²) in [4.78, 5) is 27.4. The number of nitrogens with zero attached hydrogens (tertiary/aromatic N) is 2. The molecule has 10 heteroatoms. The minimum absolute atomic E-state index is 0. The molecule has 2 heterocycles. The van der Waals surface area contributed by atoms with Crippen molar-refractivity contribution < 1.29 is 54.2 Å². The van der Waals surface area contributed by atoms with Gasteiger partial charge in [0.1, 0.15) is 13.2 Å². The number of aliphatic carboxylic acids is 2. The van der Waals surface area contributed by atoms with Crippen LogP contribution in [0.15, 0.2) is 34.3 Å². The summed E-state index contributed by atoms with van der Waals surface area (Å²) in [5.41, 5.74) is 2.00. The van der Waals surface area contributed by atoms with E-state index < -0.39 is 11.9 Å². The van der Waals surface area contributed by atoms with Crippen LogP contribution in [0.2, 0.25) is 0 Å². The average molecular weight is 540 g/mol. The number of hydrogen-bond acceptors (Lipinski definition) is 6. The Labute approximate surface area is 202 Å².